The number of aromatic nitrogens is 1. The van der Waals surface area contributed by atoms with Crippen LogP contribution in [0.3, 0.4) is 0 Å². The molecule has 4 rings (SSSR count). The van der Waals surface area contributed by atoms with Gasteiger partial charge in [-0.15, -0.1) is 0 Å². The van der Waals surface area contributed by atoms with Gasteiger partial charge < -0.3 is 10.4 Å². The summed E-state index contributed by atoms with van der Waals surface area (Å²) in [6.45, 7) is 2.31. The summed E-state index contributed by atoms with van der Waals surface area (Å²) >= 11 is 0. The molecule has 0 aliphatic heterocycles. The topological polar surface area (TPSA) is 62.2 Å². The number of carboxylic acids is 1. The lowest BCUT2D eigenvalue weighted by Gasteiger charge is -2.12. The molecule has 0 radical (unpaired) electrons. The van der Waals surface area contributed by atoms with E-state index in [-0.39, 0.29) is 18.8 Å². The number of fused-ring (bicyclic) bond motifs is 1. The average molecular weight is 400 g/mol. The lowest BCUT2D eigenvalue weighted by atomic mass is 10.0. The van der Waals surface area contributed by atoms with Crippen molar-refractivity contribution in [2.45, 2.75) is 13.3 Å². The number of nitrogens with one attached hydrogen (secondary N) is 1. The van der Waals surface area contributed by atoms with Gasteiger partial charge in [0, 0.05) is 23.2 Å². The fraction of sp³-hybridized carbons (Fsp3) is 0.120. The number of rotatable bonds is 6. The van der Waals surface area contributed by atoms with Crippen molar-refractivity contribution in [3.8, 4) is 22.4 Å². The van der Waals surface area contributed by atoms with Crippen LogP contribution in [0.2, 0.25) is 0 Å². The van der Waals surface area contributed by atoms with Gasteiger partial charge in [0.2, 0.25) is 0 Å². The zero-order valence-electron chi connectivity index (χ0n) is 16.5. The molecule has 0 aliphatic carbocycles. The molecule has 0 fully saturated rings. The number of aliphatic carboxylic acids is 1. The monoisotopic (exact) mass is 400 g/mol. The van der Waals surface area contributed by atoms with Gasteiger partial charge in [-0.25, -0.2) is 9.37 Å². The molecule has 30 heavy (non-hydrogen) atoms. The zero-order valence-corrected chi connectivity index (χ0v) is 16.5. The number of halogens is 1. The molecule has 0 bridgehead atoms. The van der Waals surface area contributed by atoms with Crippen molar-refractivity contribution in [1.82, 2.24) is 4.98 Å². The Labute approximate surface area is 174 Å². The van der Waals surface area contributed by atoms with Crippen LogP contribution < -0.4 is 5.32 Å². The second-order valence-electron chi connectivity index (χ2n) is 7.23. The van der Waals surface area contributed by atoms with Crippen molar-refractivity contribution in [3.05, 3.63) is 84.2 Å². The van der Waals surface area contributed by atoms with Gasteiger partial charge in [-0.3, -0.25) is 4.79 Å². The number of anilines is 1. The molecule has 4 nitrogen and oxygen atoms in total. The molecule has 2 N–H and O–H groups in total. The zero-order chi connectivity index (χ0) is 21.1. The van der Waals surface area contributed by atoms with Crippen LogP contribution in [0.1, 0.15) is 12.0 Å². The Bertz CT molecular complexity index is 1200. The third-order valence-corrected chi connectivity index (χ3v) is 4.99. The van der Waals surface area contributed by atoms with E-state index in [1.165, 1.54) is 17.7 Å². The lowest BCUT2D eigenvalue weighted by molar-refractivity contribution is -0.136. The Morgan fingerprint density at radius 3 is 2.23 bits per heavy atom. The van der Waals surface area contributed by atoms with Gasteiger partial charge in [0.1, 0.15) is 5.82 Å². The molecule has 1 heterocycles. The smallest absolute Gasteiger partial charge is 0.305 e. The van der Waals surface area contributed by atoms with Crippen molar-refractivity contribution < 1.29 is 14.3 Å². The first-order chi connectivity index (χ1) is 14.5. The van der Waals surface area contributed by atoms with E-state index in [4.69, 9.17) is 5.11 Å². The molecule has 0 saturated heterocycles. The normalized spacial score (nSPS) is 10.9. The minimum atomic E-state index is -0.890. The molecule has 0 aliphatic rings. The van der Waals surface area contributed by atoms with Gasteiger partial charge in [-0.05, 0) is 42.3 Å². The largest absolute Gasteiger partial charge is 0.481 e. The molecule has 5 heteroatoms. The fourth-order valence-corrected chi connectivity index (χ4v) is 3.38. The number of benzene rings is 3. The van der Waals surface area contributed by atoms with E-state index in [0.717, 1.165) is 22.4 Å². The molecule has 0 unspecified atom stereocenters. The highest BCUT2D eigenvalue weighted by molar-refractivity contribution is 5.94. The molecule has 4 aromatic rings. The average Bonchev–Trinajstić information content (AvgIpc) is 2.74. The maximum Gasteiger partial charge on any atom is 0.305 e. The van der Waals surface area contributed by atoms with Crippen LogP contribution in [0.25, 0.3) is 33.3 Å². The first-order valence-electron chi connectivity index (χ1n) is 9.73. The highest BCUT2D eigenvalue weighted by Crippen LogP contribution is 2.30. The number of pyridine rings is 1. The molecule has 0 saturated carbocycles. The van der Waals surface area contributed by atoms with Crippen LogP contribution >= 0.6 is 0 Å². The maximum atomic E-state index is 13.8. The fourth-order valence-electron chi connectivity index (χ4n) is 3.38. The van der Waals surface area contributed by atoms with Crippen LogP contribution in [0.5, 0.6) is 0 Å². The van der Waals surface area contributed by atoms with E-state index in [1.54, 1.807) is 6.07 Å². The lowest BCUT2D eigenvalue weighted by Crippen LogP contribution is -2.08. The summed E-state index contributed by atoms with van der Waals surface area (Å²) in [5, 5.41) is 12.6. The predicted octanol–water partition coefficient (Wildman–Crippen LogP) is 5.90. The van der Waals surface area contributed by atoms with E-state index in [9.17, 15) is 9.18 Å². The Morgan fingerprint density at radius 1 is 0.933 bits per heavy atom. The van der Waals surface area contributed by atoms with Crippen LogP contribution in [0, 0.1) is 12.7 Å². The molecule has 0 atom stereocenters. The van der Waals surface area contributed by atoms with Crippen LogP contribution in [0.4, 0.5) is 10.1 Å². The van der Waals surface area contributed by atoms with Crippen molar-refractivity contribution >= 4 is 22.6 Å². The molecular formula is C25H21FN2O2. The Morgan fingerprint density at radius 2 is 1.57 bits per heavy atom. The molecule has 0 spiro atoms. The van der Waals surface area contributed by atoms with E-state index >= 15 is 0 Å². The third-order valence-electron chi connectivity index (χ3n) is 4.99. The SMILES string of the molecule is Cc1ccc(-c2ccc(-c3cc(NCCC(=O)O)c4cc(F)ccc4n3)cc2)cc1. The van der Waals surface area contributed by atoms with E-state index in [1.807, 2.05) is 30.3 Å². The van der Waals surface area contributed by atoms with Gasteiger partial charge >= 0.3 is 5.97 Å². The second-order valence-corrected chi connectivity index (χ2v) is 7.23. The Balaban J connectivity index is 1.70. The van der Waals surface area contributed by atoms with Crippen molar-refractivity contribution in [2.75, 3.05) is 11.9 Å². The number of nitrogens with zero attached hydrogens (tertiary/aromatic N) is 1. The number of hydrogen-bond donors (Lipinski definition) is 2. The number of carboxylic acid groups (broad SMARTS) is 1. The second kappa shape index (κ2) is 8.33. The molecule has 1 aromatic heterocycles. The standard InChI is InChI=1S/C25H21FN2O2/c1-16-2-4-17(5-3-16)18-6-8-19(9-7-18)23-15-24(27-13-12-25(29)30)21-14-20(26)10-11-22(21)28-23/h2-11,14-15H,12-13H2,1H3,(H,27,28)(H,29,30). The highest BCUT2D eigenvalue weighted by Gasteiger charge is 2.10. The van der Waals surface area contributed by atoms with E-state index < -0.39 is 5.97 Å². The molecule has 3 aromatic carbocycles. The quantitative estimate of drug-likeness (QED) is 0.423. The maximum absolute atomic E-state index is 13.8. The minimum Gasteiger partial charge on any atom is -0.481 e. The van der Waals surface area contributed by atoms with E-state index in [2.05, 4.69) is 41.5 Å². The first kappa shape index (κ1) is 19.6. The summed E-state index contributed by atoms with van der Waals surface area (Å²) in [7, 11) is 0. The van der Waals surface area contributed by atoms with Gasteiger partial charge in [-0.1, -0.05) is 54.1 Å². The highest BCUT2D eigenvalue weighted by atomic mass is 19.1. The summed E-state index contributed by atoms with van der Waals surface area (Å²) < 4.78 is 13.8. The van der Waals surface area contributed by atoms with Crippen LogP contribution in [0.15, 0.2) is 72.8 Å². The van der Waals surface area contributed by atoms with Gasteiger partial charge in [0.15, 0.2) is 0 Å². The van der Waals surface area contributed by atoms with E-state index in [0.29, 0.717) is 16.6 Å². The first-order valence-corrected chi connectivity index (χ1v) is 9.73. The van der Waals surface area contributed by atoms with Crippen LogP contribution in [-0.2, 0) is 4.79 Å². The number of aryl methyl sites for hydroxylation is 1. The van der Waals surface area contributed by atoms with Gasteiger partial charge in [-0.2, -0.15) is 0 Å². The van der Waals surface area contributed by atoms with Crippen molar-refractivity contribution in [1.29, 1.82) is 0 Å². The summed E-state index contributed by atoms with van der Waals surface area (Å²) in [5.74, 6) is -1.25. The number of hydrogen-bond acceptors (Lipinski definition) is 3. The van der Waals surface area contributed by atoms with Crippen molar-refractivity contribution in [2.24, 2.45) is 0 Å². The Hall–Kier alpha value is -3.73. The van der Waals surface area contributed by atoms with Crippen LogP contribution in [-0.4, -0.2) is 22.6 Å². The Kier molecular flexibility index (Phi) is 5.44. The molecular weight excluding hydrogens is 379 g/mol. The summed E-state index contributed by atoms with van der Waals surface area (Å²) in [5.41, 5.74) is 6.45. The molecule has 0 amide bonds. The van der Waals surface area contributed by atoms with Crippen molar-refractivity contribution in [3.63, 3.8) is 0 Å². The summed E-state index contributed by atoms with van der Waals surface area (Å²) in [6, 6.07) is 22.7. The molecule has 150 valence electrons. The number of carbonyl (C=O) groups is 1. The minimum absolute atomic E-state index is 0.0281. The summed E-state index contributed by atoms with van der Waals surface area (Å²) in [4.78, 5) is 15.5. The van der Waals surface area contributed by atoms with Gasteiger partial charge in [0.25, 0.3) is 0 Å². The third kappa shape index (κ3) is 4.30. The van der Waals surface area contributed by atoms with Gasteiger partial charge in [0.05, 0.1) is 17.6 Å². The predicted molar refractivity (Wildman–Crippen MR) is 118 cm³/mol. The summed E-state index contributed by atoms with van der Waals surface area (Å²) in [6.07, 6.45) is -0.0281.